The van der Waals surface area contributed by atoms with Gasteiger partial charge in [-0.3, -0.25) is 4.79 Å². The first-order valence-corrected chi connectivity index (χ1v) is 14.4. The zero-order valence-corrected chi connectivity index (χ0v) is 21.9. The van der Waals surface area contributed by atoms with Crippen LogP contribution >= 0.6 is 8.60 Å². The Balaban J connectivity index is 3.48. The Hall–Kier alpha value is -0.260. The average molecular weight is 478 g/mol. The topological polar surface area (TPSA) is 77.0 Å². The second kappa shape index (κ2) is 27.0. The minimum absolute atomic E-state index is 0.191. The lowest BCUT2D eigenvalue weighted by molar-refractivity contribution is -0.135. The summed E-state index contributed by atoms with van der Waals surface area (Å²) in [5.74, 6) is 0. The molecule has 0 heterocycles. The van der Waals surface area contributed by atoms with E-state index in [-0.39, 0.29) is 12.7 Å². The fraction of sp³-hybridized carbons (Fsp3) is 0.960. The van der Waals surface area contributed by atoms with Gasteiger partial charge in [-0.05, 0) is 39.3 Å². The monoisotopic (exact) mass is 477 g/mol. The highest BCUT2D eigenvalue weighted by molar-refractivity contribution is 7.40. The van der Waals surface area contributed by atoms with Gasteiger partial charge in [0.1, 0.15) is 6.10 Å². The molecule has 0 aromatic carbocycles. The third kappa shape index (κ3) is 24.4. The molecule has 0 bridgehead atoms. The van der Waals surface area contributed by atoms with Crippen LogP contribution in [0.5, 0.6) is 0 Å². The second-order valence-corrected chi connectivity index (χ2v) is 9.76. The summed E-state index contributed by atoms with van der Waals surface area (Å²) in [6, 6.07) is 0. The minimum atomic E-state index is -1.90. The van der Waals surface area contributed by atoms with Gasteiger partial charge in [0.25, 0.3) is 6.47 Å². The van der Waals surface area contributed by atoms with Crippen molar-refractivity contribution in [3.63, 3.8) is 0 Å². The lowest BCUT2D eigenvalue weighted by Crippen LogP contribution is -2.18. The first kappa shape index (κ1) is 31.7. The molecule has 2 unspecified atom stereocenters. The van der Waals surface area contributed by atoms with Crippen LogP contribution in [0.2, 0.25) is 0 Å². The fourth-order valence-electron chi connectivity index (χ4n) is 3.74. The van der Waals surface area contributed by atoms with Crippen molar-refractivity contribution in [3.8, 4) is 0 Å². The number of rotatable bonds is 27. The van der Waals surface area contributed by atoms with E-state index in [1.165, 1.54) is 83.5 Å². The Morgan fingerprint density at radius 3 is 1.81 bits per heavy atom. The summed E-state index contributed by atoms with van der Waals surface area (Å²) in [7, 11) is 0.0119. The molecule has 0 amide bonds. The van der Waals surface area contributed by atoms with Gasteiger partial charge in [-0.2, -0.15) is 0 Å². The van der Waals surface area contributed by atoms with E-state index < -0.39 is 8.60 Å². The first-order chi connectivity index (χ1) is 15.7. The maximum Gasteiger partial charge on any atom is 0.329 e. The Labute approximate surface area is 199 Å². The summed E-state index contributed by atoms with van der Waals surface area (Å²) in [5, 5.41) is 3.07. The van der Waals surface area contributed by atoms with E-state index in [0.29, 0.717) is 13.1 Å². The van der Waals surface area contributed by atoms with E-state index in [0.717, 1.165) is 38.6 Å². The standard InChI is InChI=1S/C25H52NO5P/c1-3-4-5-6-7-8-9-10-11-12-13-14-15-16-17-20-25(29-24-27)23-31-32(28)30-22-19-18-21-26-2/h24-26,28H,3-23H2,1-2H3. The highest BCUT2D eigenvalue weighted by Crippen LogP contribution is 2.33. The third-order valence-corrected chi connectivity index (χ3v) is 6.54. The van der Waals surface area contributed by atoms with Crippen molar-refractivity contribution in [1.82, 2.24) is 5.32 Å². The summed E-state index contributed by atoms with van der Waals surface area (Å²) in [5.41, 5.74) is 0. The summed E-state index contributed by atoms with van der Waals surface area (Å²) in [6.45, 7) is 4.34. The summed E-state index contributed by atoms with van der Waals surface area (Å²) >= 11 is 0. The van der Waals surface area contributed by atoms with E-state index in [9.17, 15) is 9.69 Å². The van der Waals surface area contributed by atoms with Gasteiger partial charge in [-0.25, -0.2) is 0 Å². The van der Waals surface area contributed by atoms with E-state index in [4.69, 9.17) is 13.8 Å². The second-order valence-electron chi connectivity index (χ2n) is 8.77. The number of carbonyl (C=O) groups is 1. The van der Waals surface area contributed by atoms with Gasteiger partial charge < -0.3 is 24.0 Å². The van der Waals surface area contributed by atoms with Gasteiger partial charge in [-0.15, -0.1) is 0 Å². The number of hydrogen-bond acceptors (Lipinski definition) is 6. The van der Waals surface area contributed by atoms with Crippen LogP contribution in [0.15, 0.2) is 0 Å². The van der Waals surface area contributed by atoms with Crippen LogP contribution in [0.25, 0.3) is 0 Å². The van der Waals surface area contributed by atoms with Gasteiger partial charge in [0.15, 0.2) is 0 Å². The third-order valence-electron chi connectivity index (χ3n) is 5.77. The molecule has 0 spiro atoms. The Morgan fingerprint density at radius 2 is 1.31 bits per heavy atom. The van der Waals surface area contributed by atoms with Crippen molar-refractivity contribution in [2.75, 3.05) is 26.8 Å². The average Bonchev–Trinajstić information content (AvgIpc) is 2.79. The maximum absolute atomic E-state index is 10.7. The zero-order valence-electron chi connectivity index (χ0n) is 21.0. The van der Waals surface area contributed by atoms with Crippen molar-refractivity contribution < 1.29 is 23.5 Å². The van der Waals surface area contributed by atoms with Crippen LogP contribution in [-0.4, -0.2) is 44.3 Å². The van der Waals surface area contributed by atoms with Crippen LogP contribution < -0.4 is 5.32 Å². The van der Waals surface area contributed by atoms with Crippen LogP contribution in [0.3, 0.4) is 0 Å². The van der Waals surface area contributed by atoms with Gasteiger partial charge in [0, 0.05) is 0 Å². The van der Waals surface area contributed by atoms with Crippen molar-refractivity contribution in [2.24, 2.45) is 0 Å². The molecule has 0 aliphatic rings. The van der Waals surface area contributed by atoms with Gasteiger partial charge in [0.05, 0.1) is 13.2 Å². The molecular weight excluding hydrogens is 425 g/mol. The molecule has 0 aliphatic carbocycles. The minimum Gasteiger partial charge on any atom is -0.462 e. The molecular formula is C25H52NO5P. The van der Waals surface area contributed by atoms with Crippen molar-refractivity contribution in [3.05, 3.63) is 0 Å². The lowest BCUT2D eigenvalue weighted by atomic mass is 10.0. The molecule has 2 atom stereocenters. The normalized spacial score (nSPS) is 13.2. The van der Waals surface area contributed by atoms with E-state index in [1.54, 1.807) is 0 Å². The maximum atomic E-state index is 10.7. The lowest BCUT2D eigenvalue weighted by Gasteiger charge is -2.17. The van der Waals surface area contributed by atoms with Gasteiger partial charge >= 0.3 is 8.60 Å². The largest absolute Gasteiger partial charge is 0.462 e. The Morgan fingerprint density at radius 1 is 0.781 bits per heavy atom. The first-order valence-electron chi connectivity index (χ1n) is 13.2. The van der Waals surface area contributed by atoms with Crippen LogP contribution in [0.1, 0.15) is 122 Å². The predicted molar refractivity (Wildman–Crippen MR) is 135 cm³/mol. The number of hydrogen-bond donors (Lipinski definition) is 2. The number of ether oxygens (including phenoxy) is 1. The zero-order chi connectivity index (χ0) is 23.5. The molecule has 0 aliphatic heterocycles. The molecule has 7 heteroatoms. The molecule has 0 saturated heterocycles. The highest BCUT2D eigenvalue weighted by Gasteiger charge is 2.14. The van der Waals surface area contributed by atoms with Crippen molar-refractivity contribution >= 4 is 15.1 Å². The predicted octanol–water partition coefficient (Wildman–Crippen LogP) is 7.04. The summed E-state index contributed by atoms with van der Waals surface area (Å²) < 4.78 is 15.7. The molecule has 192 valence electrons. The van der Waals surface area contributed by atoms with E-state index in [2.05, 4.69) is 12.2 Å². The molecule has 0 radical (unpaired) electrons. The summed E-state index contributed by atoms with van der Waals surface area (Å²) in [6.07, 6.45) is 22.3. The number of carbonyl (C=O) groups excluding carboxylic acids is 1. The molecule has 0 aromatic heterocycles. The molecule has 0 fully saturated rings. The van der Waals surface area contributed by atoms with E-state index >= 15 is 0 Å². The quantitative estimate of drug-likeness (QED) is 0.0750. The Bertz CT molecular complexity index is 376. The van der Waals surface area contributed by atoms with Crippen LogP contribution in [0.4, 0.5) is 0 Å². The number of unbranched alkanes of at least 4 members (excludes halogenated alkanes) is 15. The molecule has 0 aromatic rings. The van der Waals surface area contributed by atoms with Crippen molar-refractivity contribution in [1.29, 1.82) is 0 Å². The molecule has 0 saturated carbocycles. The van der Waals surface area contributed by atoms with E-state index in [1.807, 2.05) is 7.05 Å². The van der Waals surface area contributed by atoms with Crippen molar-refractivity contribution in [2.45, 2.75) is 129 Å². The van der Waals surface area contributed by atoms with Gasteiger partial charge in [0.2, 0.25) is 0 Å². The van der Waals surface area contributed by atoms with Gasteiger partial charge in [-0.1, -0.05) is 96.8 Å². The highest BCUT2D eigenvalue weighted by atomic mass is 31.2. The molecule has 2 N–H and O–H groups in total. The Kier molecular flexibility index (Phi) is 26.8. The van der Waals surface area contributed by atoms with Crippen LogP contribution in [0, 0.1) is 0 Å². The number of nitrogens with one attached hydrogen (secondary N) is 1. The van der Waals surface area contributed by atoms with Crippen LogP contribution in [-0.2, 0) is 18.6 Å². The fourth-order valence-corrected chi connectivity index (χ4v) is 4.40. The molecule has 6 nitrogen and oxygen atoms in total. The smallest absolute Gasteiger partial charge is 0.329 e. The SMILES string of the molecule is CCCCCCCCCCCCCCCCCC(COP(O)OCCCCNC)OC=O. The molecule has 0 rings (SSSR count). The summed E-state index contributed by atoms with van der Waals surface area (Å²) in [4.78, 5) is 20.5. The molecule has 32 heavy (non-hydrogen) atoms.